The number of hydrazine groups is 1. The zero-order valence-electron chi connectivity index (χ0n) is 10.1. The van der Waals surface area contributed by atoms with E-state index in [4.69, 9.17) is 17.4 Å². The van der Waals surface area contributed by atoms with Crippen LogP contribution in [0.2, 0.25) is 5.02 Å². The molecule has 3 N–H and O–H groups in total. The molecule has 17 heavy (non-hydrogen) atoms. The topological polar surface area (TPSA) is 54.2 Å². The van der Waals surface area contributed by atoms with E-state index in [1.807, 2.05) is 6.07 Å². The van der Waals surface area contributed by atoms with E-state index in [0.717, 1.165) is 18.8 Å². The number of nitrogens with two attached hydrogens (primary N) is 1. The zero-order valence-corrected chi connectivity index (χ0v) is 10.9. The fourth-order valence-electron chi connectivity index (χ4n) is 2.43. The van der Waals surface area contributed by atoms with Crippen LogP contribution < -0.4 is 11.3 Å². The van der Waals surface area contributed by atoms with Crippen LogP contribution in [0, 0.1) is 0 Å². The lowest BCUT2D eigenvalue weighted by Crippen LogP contribution is -2.28. The van der Waals surface area contributed by atoms with Gasteiger partial charge in [0, 0.05) is 12.6 Å². The molecule has 1 unspecified atom stereocenters. The van der Waals surface area contributed by atoms with E-state index in [-0.39, 0.29) is 0 Å². The van der Waals surface area contributed by atoms with Crippen molar-refractivity contribution in [2.24, 2.45) is 5.84 Å². The Morgan fingerprint density at radius 2 is 2.41 bits per heavy atom. The monoisotopic (exact) mass is 254 g/mol. The standard InChI is InChI=1S/C12H19ClN4/c1-2-9-4-3-7-17(9)8-11-10(13)5-6-12(15-11)16-14/h5-6,9H,2-4,7-8,14H2,1H3,(H,15,16). The molecule has 2 heterocycles. The van der Waals surface area contributed by atoms with Crippen LogP contribution in [0.5, 0.6) is 0 Å². The fraction of sp³-hybridized carbons (Fsp3) is 0.583. The molecule has 1 aliphatic heterocycles. The van der Waals surface area contributed by atoms with Gasteiger partial charge in [0.2, 0.25) is 0 Å². The summed E-state index contributed by atoms with van der Waals surface area (Å²) in [4.78, 5) is 6.87. The molecule has 1 aliphatic rings. The van der Waals surface area contributed by atoms with Crippen molar-refractivity contribution in [3.05, 3.63) is 22.8 Å². The Hall–Kier alpha value is -0.840. The number of likely N-dealkylation sites (tertiary alicyclic amines) is 1. The zero-order chi connectivity index (χ0) is 12.3. The van der Waals surface area contributed by atoms with E-state index < -0.39 is 0 Å². The molecule has 5 heteroatoms. The molecule has 0 spiro atoms. The highest BCUT2D eigenvalue weighted by molar-refractivity contribution is 6.31. The highest BCUT2D eigenvalue weighted by Crippen LogP contribution is 2.25. The largest absolute Gasteiger partial charge is 0.308 e. The van der Waals surface area contributed by atoms with Crippen molar-refractivity contribution in [3.63, 3.8) is 0 Å². The highest BCUT2D eigenvalue weighted by Gasteiger charge is 2.23. The first-order chi connectivity index (χ1) is 8.24. The number of aromatic nitrogens is 1. The minimum absolute atomic E-state index is 0.664. The Bertz CT molecular complexity index is 383. The van der Waals surface area contributed by atoms with Crippen LogP contribution in [0.25, 0.3) is 0 Å². The van der Waals surface area contributed by atoms with E-state index in [1.165, 1.54) is 19.3 Å². The second kappa shape index (κ2) is 5.67. The van der Waals surface area contributed by atoms with Crippen molar-refractivity contribution >= 4 is 17.4 Å². The highest BCUT2D eigenvalue weighted by atomic mass is 35.5. The van der Waals surface area contributed by atoms with Gasteiger partial charge in [-0.15, -0.1) is 0 Å². The van der Waals surface area contributed by atoms with Crippen LogP contribution >= 0.6 is 11.6 Å². The van der Waals surface area contributed by atoms with Crippen LogP contribution in [0.15, 0.2) is 12.1 Å². The van der Waals surface area contributed by atoms with Crippen molar-refractivity contribution in [1.82, 2.24) is 9.88 Å². The predicted molar refractivity (Wildman–Crippen MR) is 70.8 cm³/mol. The maximum atomic E-state index is 6.16. The van der Waals surface area contributed by atoms with Gasteiger partial charge >= 0.3 is 0 Å². The van der Waals surface area contributed by atoms with Crippen LogP contribution in [0.3, 0.4) is 0 Å². The smallest absolute Gasteiger partial charge is 0.140 e. The average molecular weight is 255 g/mol. The third kappa shape index (κ3) is 2.89. The normalized spacial score (nSPS) is 20.8. The average Bonchev–Trinajstić information content (AvgIpc) is 2.79. The summed E-state index contributed by atoms with van der Waals surface area (Å²) in [5.41, 5.74) is 3.46. The van der Waals surface area contributed by atoms with Gasteiger partial charge in [0.25, 0.3) is 0 Å². The molecular formula is C12H19ClN4. The minimum atomic E-state index is 0.664. The van der Waals surface area contributed by atoms with E-state index in [2.05, 4.69) is 22.2 Å². The fourth-order valence-corrected chi connectivity index (χ4v) is 2.60. The predicted octanol–water partition coefficient (Wildman–Crippen LogP) is 2.39. The summed E-state index contributed by atoms with van der Waals surface area (Å²) in [6, 6.07) is 4.30. The number of hydrogen-bond acceptors (Lipinski definition) is 4. The van der Waals surface area contributed by atoms with Gasteiger partial charge in [-0.1, -0.05) is 18.5 Å². The third-order valence-electron chi connectivity index (χ3n) is 3.39. The van der Waals surface area contributed by atoms with E-state index >= 15 is 0 Å². The van der Waals surface area contributed by atoms with E-state index in [0.29, 0.717) is 16.9 Å². The van der Waals surface area contributed by atoms with Crippen molar-refractivity contribution in [3.8, 4) is 0 Å². The van der Waals surface area contributed by atoms with Crippen molar-refractivity contribution in [1.29, 1.82) is 0 Å². The van der Waals surface area contributed by atoms with Gasteiger partial charge in [-0.25, -0.2) is 10.8 Å². The van der Waals surface area contributed by atoms with Gasteiger partial charge in [-0.05, 0) is 37.9 Å². The second-order valence-electron chi connectivity index (χ2n) is 4.44. The number of nitrogens with zero attached hydrogens (tertiary/aromatic N) is 2. The summed E-state index contributed by atoms with van der Waals surface area (Å²) in [6.07, 6.45) is 3.74. The summed E-state index contributed by atoms with van der Waals surface area (Å²) in [6.45, 7) is 4.18. The lowest BCUT2D eigenvalue weighted by molar-refractivity contribution is 0.237. The summed E-state index contributed by atoms with van der Waals surface area (Å²) in [5, 5.41) is 0.714. The van der Waals surface area contributed by atoms with Crippen LogP contribution in [0.1, 0.15) is 31.9 Å². The number of pyridine rings is 1. The molecule has 94 valence electrons. The third-order valence-corrected chi connectivity index (χ3v) is 3.73. The van der Waals surface area contributed by atoms with Crippen molar-refractivity contribution < 1.29 is 0 Å². The van der Waals surface area contributed by atoms with Crippen LogP contribution in [0.4, 0.5) is 5.82 Å². The Kier molecular flexibility index (Phi) is 4.20. The lowest BCUT2D eigenvalue weighted by atomic mass is 10.1. The molecule has 2 rings (SSSR count). The molecule has 1 fully saturated rings. The lowest BCUT2D eigenvalue weighted by Gasteiger charge is -2.23. The number of anilines is 1. The van der Waals surface area contributed by atoms with Gasteiger partial charge in [0.15, 0.2) is 0 Å². The molecule has 0 saturated carbocycles. The minimum Gasteiger partial charge on any atom is -0.308 e. The molecule has 0 bridgehead atoms. The molecular weight excluding hydrogens is 236 g/mol. The SMILES string of the molecule is CCC1CCCN1Cc1nc(NN)ccc1Cl. The summed E-state index contributed by atoms with van der Waals surface area (Å²) in [5.74, 6) is 6.02. The quantitative estimate of drug-likeness (QED) is 0.640. The molecule has 0 amide bonds. The Morgan fingerprint density at radius 3 is 3.12 bits per heavy atom. The summed E-state index contributed by atoms with van der Waals surface area (Å²) < 4.78 is 0. The Balaban J connectivity index is 2.12. The molecule has 0 radical (unpaired) electrons. The molecule has 0 aliphatic carbocycles. The van der Waals surface area contributed by atoms with Gasteiger partial charge < -0.3 is 5.43 Å². The molecule has 1 saturated heterocycles. The summed E-state index contributed by atoms with van der Waals surface area (Å²) >= 11 is 6.16. The number of hydrogen-bond donors (Lipinski definition) is 2. The first-order valence-corrected chi connectivity index (χ1v) is 6.48. The maximum Gasteiger partial charge on any atom is 0.140 e. The van der Waals surface area contributed by atoms with Crippen molar-refractivity contribution in [2.45, 2.75) is 38.8 Å². The molecule has 0 aromatic carbocycles. The van der Waals surface area contributed by atoms with E-state index in [9.17, 15) is 0 Å². The first kappa shape index (κ1) is 12.6. The first-order valence-electron chi connectivity index (χ1n) is 6.10. The number of halogens is 1. The van der Waals surface area contributed by atoms with Gasteiger partial charge in [0.05, 0.1) is 10.7 Å². The Labute approximate surface area is 107 Å². The van der Waals surface area contributed by atoms with Gasteiger partial charge in [-0.2, -0.15) is 0 Å². The Morgan fingerprint density at radius 1 is 1.59 bits per heavy atom. The number of nitrogens with one attached hydrogen (secondary N) is 1. The number of rotatable bonds is 4. The van der Waals surface area contributed by atoms with Crippen LogP contribution in [-0.4, -0.2) is 22.5 Å². The van der Waals surface area contributed by atoms with Gasteiger partial charge in [-0.3, -0.25) is 4.90 Å². The summed E-state index contributed by atoms with van der Waals surface area (Å²) in [7, 11) is 0. The maximum absolute atomic E-state index is 6.16. The molecule has 1 atom stereocenters. The molecule has 1 aromatic rings. The molecule has 4 nitrogen and oxygen atoms in total. The molecule has 1 aromatic heterocycles. The second-order valence-corrected chi connectivity index (χ2v) is 4.85. The van der Waals surface area contributed by atoms with Crippen molar-refractivity contribution in [2.75, 3.05) is 12.0 Å². The van der Waals surface area contributed by atoms with Gasteiger partial charge in [0.1, 0.15) is 5.82 Å². The van der Waals surface area contributed by atoms with Crippen LogP contribution in [-0.2, 0) is 6.54 Å². The number of nitrogen functional groups attached to an aromatic ring is 1. The van der Waals surface area contributed by atoms with E-state index in [1.54, 1.807) is 6.07 Å².